The molecule has 0 spiro atoms. The molecule has 0 aromatic carbocycles. The number of nitro groups is 1. The van der Waals surface area contributed by atoms with E-state index >= 15 is 0 Å². The van der Waals surface area contributed by atoms with E-state index in [0.29, 0.717) is 5.57 Å². The Balaban J connectivity index is 0.000000162. The summed E-state index contributed by atoms with van der Waals surface area (Å²) in [5.41, 5.74) is 0.559. The molecule has 0 unspecified atom stereocenters. The molecule has 5 heteroatoms. The first-order valence-electron chi connectivity index (χ1n) is 4.50. The van der Waals surface area contributed by atoms with Crippen molar-refractivity contribution in [2.75, 3.05) is 0 Å². The van der Waals surface area contributed by atoms with Gasteiger partial charge >= 0.3 is 0 Å². The van der Waals surface area contributed by atoms with Crippen molar-refractivity contribution in [3.63, 3.8) is 0 Å². The summed E-state index contributed by atoms with van der Waals surface area (Å²) in [4.78, 5) is 20.7. The molecule has 2 aliphatic carbocycles. The minimum absolute atomic E-state index is 0.0764. The Hall–Kier alpha value is -2.01. The smallest absolute Gasteiger partial charge is 0.281 e. The lowest BCUT2D eigenvalue weighted by molar-refractivity contribution is -0.419. The summed E-state index contributed by atoms with van der Waals surface area (Å²) < 4.78 is 0. The predicted molar refractivity (Wildman–Crippen MR) is 60.6 cm³/mol. The van der Waals surface area contributed by atoms with Crippen LogP contribution < -0.4 is 0 Å². The summed E-state index contributed by atoms with van der Waals surface area (Å²) in [6, 6.07) is 4.04. The topological polar surface area (TPSA) is 60.2 Å². The van der Waals surface area contributed by atoms with Gasteiger partial charge in [0.05, 0.1) is 4.92 Å². The van der Waals surface area contributed by atoms with Crippen LogP contribution in [0.2, 0.25) is 0 Å². The van der Waals surface area contributed by atoms with Gasteiger partial charge in [-0.1, -0.05) is 12.1 Å². The lowest BCUT2D eigenvalue weighted by atomic mass is 10.2. The minimum Gasteiger partial charge on any atom is -0.288 e. The molecule has 0 atom stereocenters. The number of fused-ring (bicyclic) bond motifs is 2. The standard InChI is InChI=1S/C7H3NO3.C4H4S/c9-7-4-1-2-5(7)6(3-4)8(10)11;1-2-4-5-3-1/h1-3H;1-4H. The van der Waals surface area contributed by atoms with Crippen molar-refractivity contribution in [3.8, 4) is 0 Å². The number of ketones is 1. The average molecular weight is 233 g/mol. The lowest BCUT2D eigenvalue weighted by Crippen LogP contribution is -1.98. The Labute approximate surface area is 95.4 Å². The van der Waals surface area contributed by atoms with Crippen molar-refractivity contribution in [2.45, 2.75) is 0 Å². The van der Waals surface area contributed by atoms with Gasteiger partial charge in [-0.3, -0.25) is 14.9 Å². The summed E-state index contributed by atoms with van der Waals surface area (Å²) in [5, 5.41) is 14.3. The van der Waals surface area contributed by atoms with Crippen molar-refractivity contribution in [3.05, 3.63) is 68.1 Å². The van der Waals surface area contributed by atoms with E-state index in [1.54, 1.807) is 17.4 Å². The third kappa shape index (κ3) is 1.85. The Bertz CT molecular complexity index is 506. The van der Waals surface area contributed by atoms with Crippen LogP contribution in [-0.4, -0.2) is 10.7 Å². The lowest BCUT2D eigenvalue weighted by Gasteiger charge is -1.88. The molecule has 2 aliphatic rings. The highest BCUT2D eigenvalue weighted by Crippen LogP contribution is 2.29. The van der Waals surface area contributed by atoms with Crippen molar-refractivity contribution in [1.82, 2.24) is 0 Å². The number of hydrogen-bond acceptors (Lipinski definition) is 4. The number of allylic oxidation sites excluding steroid dienone is 5. The maximum Gasteiger partial charge on any atom is 0.281 e. The third-order valence-corrected chi connectivity index (χ3v) is 2.76. The number of rotatable bonds is 1. The van der Waals surface area contributed by atoms with Crippen LogP contribution in [0.4, 0.5) is 0 Å². The van der Waals surface area contributed by atoms with E-state index < -0.39 is 4.92 Å². The van der Waals surface area contributed by atoms with Gasteiger partial charge in [-0.15, -0.1) is 0 Å². The van der Waals surface area contributed by atoms with Gasteiger partial charge in [0.25, 0.3) is 5.70 Å². The van der Waals surface area contributed by atoms with Gasteiger partial charge in [0.1, 0.15) is 5.57 Å². The zero-order valence-electron chi connectivity index (χ0n) is 8.12. The molecule has 1 heterocycles. The first kappa shape index (κ1) is 10.5. The highest BCUT2D eigenvalue weighted by atomic mass is 32.1. The number of thiophene rings is 1. The molecule has 0 fully saturated rings. The molecule has 1 aromatic rings. The summed E-state index contributed by atoms with van der Waals surface area (Å²) in [5.74, 6) is -0.225. The molecule has 2 bridgehead atoms. The van der Waals surface area contributed by atoms with Crippen molar-refractivity contribution in [2.24, 2.45) is 0 Å². The first-order valence-corrected chi connectivity index (χ1v) is 5.45. The Morgan fingerprint density at radius 2 is 1.88 bits per heavy atom. The number of carbonyl (C=O) groups excluding carboxylic acids is 1. The molecule has 4 nitrogen and oxygen atoms in total. The van der Waals surface area contributed by atoms with Gasteiger partial charge in [-0.25, -0.2) is 0 Å². The van der Waals surface area contributed by atoms with Gasteiger partial charge in [0.2, 0.25) is 0 Å². The quantitative estimate of drug-likeness (QED) is 0.552. The second kappa shape index (κ2) is 4.24. The number of carbonyl (C=O) groups is 1. The normalized spacial score (nSPS) is 16.0. The van der Waals surface area contributed by atoms with Crippen molar-refractivity contribution in [1.29, 1.82) is 0 Å². The maximum atomic E-state index is 11.0. The van der Waals surface area contributed by atoms with Crippen LogP contribution in [0.15, 0.2) is 58.0 Å². The molecule has 0 N–H and O–H groups in total. The monoisotopic (exact) mass is 233 g/mol. The predicted octanol–water partition coefficient (Wildman–Crippen LogP) is 2.34. The minimum atomic E-state index is -0.538. The number of Topliss-reactive ketones (excluding diaryl/α,β-unsaturated/α-hetero) is 1. The first-order chi connectivity index (χ1) is 7.70. The highest BCUT2D eigenvalue weighted by molar-refractivity contribution is 7.07. The molecular formula is C11H7NO3S. The third-order valence-electron chi connectivity index (χ3n) is 2.13. The fourth-order valence-corrected chi connectivity index (χ4v) is 1.85. The largest absolute Gasteiger partial charge is 0.288 e. The number of hydrogen-bond donors (Lipinski definition) is 0. The van der Waals surface area contributed by atoms with Gasteiger partial charge < -0.3 is 0 Å². The molecule has 1 aromatic heterocycles. The fraction of sp³-hybridized carbons (Fsp3) is 0. The van der Waals surface area contributed by atoms with Crippen molar-refractivity contribution >= 4 is 17.1 Å². The van der Waals surface area contributed by atoms with E-state index in [0.717, 1.165) is 0 Å². The van der Waals surface area contributed by atoms with E-state index in [2.05, 4.69) is 0 Å². The Kier molecular flexibility index (Phi) is 2.78. The van der Waals surface area contributed by atoms with Crippen LogP contribution in [0.3, 0.4) is 0 Å². The average Bonchev–Trinajstić information content (AvgIpc) is 2.98. The van der Waals surface area contributed by atoms with Gasteiger partial charge in [0, 0.05) is 11.6 Å². The molecule has 80 valence electrons. The van der Waals surface area contributed by atoms with Crippen LogP contribution in [-0.2, 0) is 4.79 Å². The Morgan fingerprint density at radius 3 is 2.12 bits per heavy atom. The molecule has 16 heavy (non-hydrogen) atoms. The fourth-order valence-electron chi connectivity index (χ4n) is 1.40. The maximum absolute atomic E-state index is 11.0. The second-order valence-corrected chi connectivity index (χ2v) is 3.93. The van der Waals surface area contributed by atoms with E-state index in [9.17, 15) is 14.9 Å². The molecule has 0 aliphatic heterocycles. The number of nitrogens with zero attached hydrogens (tertiary/aromatic N) is 1. The highest BCUT2D eigenvalue weighted by Gasteiger charge is 2.33. The van der Waals surface area contributed by atoms with Crippen LogP contribution in [0.25, 0.3) is 0 Å². The van der Waals surface area contributed by atoms with Crippen LogP contribution in [0.1, 0.15) is 0 Å². The SMILES string of the molecule is O=C1C2=CC([N+](=O)[O-])=C1C=C2.c1ccsc1. The second-order valence-electron chi connectivity index (χ2n) is 3.11. The zero-order chi connectivity index (χ0) is 11.5. The van der Waals surface area contributed by atoms with Gasteiger partial charge in [-0.2, -0.15) is 11.3 Å². The van der Waals surface area contributed by atoms with Crippen LogP contribution in [0.5, 0.6) is 0 Å². The zero-order valence-corrected chi connectivity index (χ0v) is 8.94. The molecule has 3 rings (SSSR count). The van der Waals surface area contributed by atoms with Gasteiger partial charge in [0.15, 0.2) is 5.78 Å². The summed E-state index contributed by atoms with van der Waals surface area (Å²) >= 11 is 1.71. The Morgan fingerprint density at radius 1 is 1.19 bits per heavy atom. The van der Waals surface area contributed by atoms with E-state index in [1.807, 2.05) is 22.9 Å². The molecule has 0 saturated heterocycles. The van der Waals surface area contributed by atoms with E-state index in [-0.39, 0.29) is 17.1 Å². The molecule has 0 saturated carbocycles. The van der Waals surface area contributed by atoms with Crippen molar-refractivity contribution < 1.29 is 9.72 Å². The van der Waals surface area contributed by atoms with Crippen LogP contribution >= 0.6 is 11.3 Å². The summed E-state index contributed by atoms with van der Waals surface area (Å²) in [6.45, 7) is 0. The van der Waals surface area contributed by atoms with E-state index in [1.165, 1.54) is 12.2 Å². The van der Waals surface area contributed by atoms with E-state index in [4.69, 9.17) is 0 Å². The van der Waals surface area contributed by atoms with Crippen LogP contribution in [0, 0.1) is 10.1 Å². The molecule has 0 radical (unpaired) electrons. The summed E-state index contributed by atoms with van der Waals surface area (Å²) in [7, 11) is 0. The summed E-state index contributed by atoms with van der Waals surface area (Å²) in [6.07, 6.45) is 4.37. The van der Waals surface area contributed by atoms with Gasteiger partial charge in [-0.05, 0) is 22.9 Å². The molecule has 0 amide bonds. The molecular weight excluding hydrogens is 226 g/mol.